The average molecular weight is 482 g/mol. The van der Waals surface area contributed by atoms with E-state index in [0.717, 1.165) is 21.3 Å². The maximum absolute atomic E-state index is 13.6. The van der Waals surface area contributed by atoms with Crippen LogP contribution in [0.1, 0.15) is 5.56 Å². The maximum Gasteiger partial charge on any atom is 0.286 e. The minimum absolute atomic E-state index is 0.256. The van der Waals surface area contributed by atoms with E-state index in [-0.39, 0.29) is 11.1 Å². The van der Waals surface area contributed by atoms with Gasteiger partial charge in [0.05, 0.1) is 12.3 Å². The molecule has 2 heterocycles. The Morgan fingerprint density at radius 2 is 1.72 bits per heavy atom. The van der Waals surface area contributed by atoms with Gasteiger partial charge in [-0.3, -0.25) is 13.9 Å². The first-order chi connectivity index (χ1) is 15.5. The molecule has 5 aromatic rings. The van der Waals surface area contributed by atoms with Crippen molar-refractivity contribution in [2.75, 3.05) is 0 Å². The Morgan fingerprint density at radius 1 is 0.969 bits per heavy atom. The summed E-state index contributed by atoms with van der Waals surface area (Å²) in [5, 5.41) is 0. The summed E-state index contributed by atoms with van der Waals surface area (Å²) >= 11 is 3.45. The fourth-order valence-corrected chi connectivity index (χ4v) is 3.84. The van der Waals surface area contributed by atoms with Crippen LogP contribution in [0.5, 0.6) is 0 Å². The van der Waals surface area contributed by atoms with E-state index in [1.54, 1.807) is 33.7 Å². The number of rotatable bonds is 3. The first-order valence-electron chi connectivity index (χ1n) is 9.86. The molecule has 0 bridgehead atoms. The third-order valence-corrected chi connectivity index (χ3v) is 5.73. The standard InChI is InChI=1S/C25H16BrN5O/c1-16-6-8-17(9-7-16)23-29-24-22(25(32)31(23)20-12-10-18(26)11-13-20)28-15-30(24)21-5-3-4-19(14-21)27-2/h3-15H,1H3. The molecular formula is C25H16BrN5O. The highest BCUT2D eigenvalue weighted by molar-refractivity contribution is 9.10. The molecule has 0 unspecified atom stereocenters. The van der Waals surface area contributed by atoms with E-state index < -0.39 is 0 Å². The number of nitrogens with zero attached hydrogens (tertiary/aromatic N) is 5. The zero-order chi connectivity index (χ0) is 22.2. The van der Waals surface area contributed by atoms with Crippen LogP contribution < -0.4 is 5.56 Å². The molecule has 6 nitrogen and oxygen atoms in total. The zero-order valence-electron chi connectivity index (χ0n) is 17.0. The number of hydrogen-bond acceptors (Lipinski definition) is 3. The number of benzene rings is 3. The largest absolute Gasteiger partial charge is 0.286 e. The summed E-state index contributed by atoms with van der Waals surface area (Å²) in [6, 6.07) is 22.6. The van der Waals surface area contributed by atoms with Gasteiger partial charge in [-0.25, -0.2) is 14.8 Å². The first-order valence-corrected chi connectivity index (χ1v) is 10.7. The second-order valence-electron chi connectivity index (χ2n) is 7.34. The monoisotopic (exact) mass is 481 g/mol. The summed E-state index contributed by atoms with van der Waals surface area (Å²) in [6.07, 6.45) is 1.58. The van der Waals surface area contributed by atoms with E-state index in [0.29, 0.717) is 22.8 Å². The van der Waals surface area contributed by atoms with Crippen molar-refractivity contribution in [2.24, 2.45) is 0 Å². The van der Waals surface area contributed by atoms with Crippen molar-refractivity contribution in [2.45, 2.75) is 6.92 Å². The van der Waals surface area contributed by atoms with E-state index in [1.807, 2.05) is 61.5 Å². The molecule has 0 spiro atoms. The molecule has 5 rings (SSSR count). The molecule has 0 aliphatic heterocycles. The van der Waals surface area contributed by atoms with Crippen LogP contribution in [0, 0.1) is 13.5 Å². The van der Waals surface area contributed by atoms with Crippen molar-refractivity contribution in [3.63, 3.8) is 0 Å². The highest BCUT2D eigenvalue weighted by atomic mass is 79.9. The predicted molar refractivity (Wildman–Crippen MR) is 129 cm³/mol. The van der Waals surface area contributed by atoms with E-state index >= 15 is 0 Å². The number of aromatic nitrogens is 4. The van der Waals surface area contributed by atoms with Crippen molar-refractivity contribution in [1.29, 1.82) is 0 Å². The molecule has 0 aliphatic carbocycles. The lowest BCUT2D eigenvalue weighted by Gasteiger charge is -2.14. The lowest BCUT2D eigenvalue weighted by Crippen LogP contribution is -2.22. The number of aryl methyl sites for hydroxylation is 1. The van der Waals surface area contributed by atoms with Crippen LogP contribution in [0.15, 0.2) is 88.4 Å². The molecule has 7 heteroatoms. The van der Waals surface area contributed by atoms with Gasteiger partial charge in [0.15, 0.2) is 16.9 Å². The van der Waals surface area contributed by atoms with Crippen molar-refractivity contribution in [3.05, 3.63) is 111 Å². The number of imidazole rings is 1. The van der Waals surface area contributed by atoms with Gasteiger partial charge in [0.25, 0.3) is 5.56 Å². The van der Waals surface area contributed by atoms with E-state index in [2.05, 4.69) is 25.8 Å². The third kappa shape index (κ3) is 3.41. The second-order valence-corrected chi connectivity index (χ2v) is 8.25. The minimum Gasteiger partial charge on any atom is -0.284 e. The summed E-state index contributed by atoms with van der Waals surface area (Å²) in [5.41, 5.74) is 4.32. The lowest BCUT2D eigenvalue weighted by molar-refractivity contribution is 0.961. The van der Waals surface area contributed by atoms with Crippen LogP contribution in [0.3, 0.4) is 0 Å². The van der Waals surface area contributed by atoms with Crippen molar-refractivity contribution in [3.8, 4) is 22.8 Å². The third-order valence-electron chi connectivity index (χ3n) is 5.20. The molecule has 0 fully saturated rings. The summed E-state index contributed by atoms with van der Waals surface area (Å²) in [4.78, 5) is 26.4. The van der Waals surface area contributed by atoms with Gasteiger partial charge < -0.3 is 0 Å². The molecule has 0 saturated heterocycles. The quantitative estimate of drug-likeness (QED) is 0.303. The van der Waals surface area contributed by atoms with Gasteiger partial charge in [0.2, 0.25) is 0 Å². The SMILES string of the molecule is [C-]#[N+]c1cccc(-n2cnc3c(=O)n(-c4ccc(Br)cc4)c(-c4ccc(C)cc4)nc32)c1. The normalized spacial score (nSPS) is 10.9. The summed E-state index contributed by atoms with van der Waals surface area (Å²) in [5.74, 6) is 0.521. The van der Waals surface area contributed by atoms with Gasteiger partial charge in [0, 0.05) is 15.7 Å². The highest BCUT2D eigenvalue weighted by Gasteiger charge is 2.19. The van der Waals surface area contributed by atoms with Gasteiger partial charge in [-0.15, -0.1) is 0 Å². The Kier molecular flexibility index (Phi) is 4.92. The Balaban J connectivity index is 1.83. The van der Waals surface area contributed by atoms with Crippen LogP contribution in [0.2, 0.25) is 0 Å². The summed E-state index contributed by atoms with van der Waals surface area (Å²) < 4.78 is 4.26. The predicted octanol–water partition coefficient (Wildman–Crippen LogP) is 5.86. The van der Waals surface area contributed by atoms with Crippen LogP contribution in [0.4, 0.5) is 5.69 Å². The van der Waals surface area contributed by atoms with Crippen molar-refractivity contribution in [1.82, 2.24) is 19.1 Å². The fourth-order valence-electron chi connectivity index (χ4n) is 3.58. The molecule has 0 aliphatic rings. The molecule has 2 aromatic heterocycles. The van der Waals surface area contributed by atoms with Gasteiger partial charge in [0.1, 0.15) is 12.2 Å². The van der Waals surface area contributed by atoms with Crippen molar-refractivity contribution >= 4 is 32.8 Å². The number of hydrogen-bond donors (Lipinski definition) is 0. The van der Waals surface area contributed by atoms with Crippen LogP contribution in [-0.2, 0) is 0 Å². The topological polar surface area (TPSA) is 57.1 Å². The van der Waals surface area contributed by atoms with E-state index in [4.69, 9.17) is 11.6 Å². The second kappa shape index (κ2) is 7.91. The molecule has 0 radical (unpaired) electrons. The Labute approximate surface area is 192 Å². The van der Waals surface area contributed by atoms with Crippen LogP contribution >= 0.6 is 15.9 Å². The molecule has 0 saturated carbocycles. The molecule has 0 atom stereocenters. The van der Waals surface area contributed by atoms with Crippen LogP contribution in [-0.4, -0.2) is 19.1 Å². The lowest BCUT2D eigenvalue weighted by atomic mass is 10.1. The van der Waals surface area contributed by atoms with E-state index in [9.17, 15) is 4.79 Å². The molecule has 3 aromatic carbocycles. The molecular weight excluding hydrogens is 466 g/mol. The molecule has 154 valence electrons. The Morgan fingerprint density at radius 3 is 2.44 bits per heavy atom. The van der Waals surface area contributed by atoms with Crippen molar-refractivity contribution < 1.29 is 0 Å². The van der Waals surface area contributed by atoms with Crippen LogP contribution in [0.25, 0.3) is 38.8 Å². The Bertz CT molecular complexity index is 1560. The Hall–Kier alpha value is -4.02. The van der Waals surface area contributed by atoms with Gasteiger partial charge in [-0.05, 0) is 43.3 Å². The highest BCUT2D eigenvalue weighted by Crippen LogP contribution is 2.25. The minimum atomic E-state index is -0.256. The number of fused-ring (bicyclic) bond motifs is 1. The zero-order valence-corrected chi connectivity index (χ0v) is 18.6. The average Bonchev–Trinajstić information content (AvgIpc) is 3.25. The van der Waals surface area contributed by atoms with Gasteiger partial charge >= 0.3 is 0 Å². The molecule has 32 heavy (non-hydrogen) atoms. The maximum atomic E-state index is 13.6. The van der Waals surface area contributed by atoms with Gasteiger partial charge in [-0.2, -0.15) is 0 Å². The molecule has 0 amide bonds. The summed E-state index contributed by atoms with van der Waals surface area (Å²) in [6.45, 7) is 9.31. The molecule has 0 N–H and O–H groups in total. The number of halogens is 1. The van der Waals surface area contributed by atoms with Gasteiger partial charge in [-0.1, -0.05) is 57.9 Å². The summed E-state index contributed by atoms with van der Waals surface area (Å²) in [7, 11) is 0. The van der Waals surface area contributed by atoms with E-state index in [1.165, 1.54) is 0 Å². The first kappa shape index (κ1) is 19.9. The fraction of sp³-hybridized carbons (Fsp3) is 0.0400. The smallest absolute Gasteiger partial charge is 0.284 e.